The van der Waals surface area contributed by atoms with Gasteiger partial charge in [-0.05, 0) is 26.0 Å². The van der Waals surface area contributed by atoms with Crippen molar-refractivity contribution >= 4 is 17.4 Å². The molecule has 0 unspecified atom stereocenters. The minimum absolute atomic E-state index is 0.0879. The Bertz CT molecular complexity index is 781. The van der Waals surface area contributed by atoms with Gasteiger partial charge in [-0.1, -0.05) is 42.5 Å². The first kappa shape index (κ1) is 19.3. The first-order valence-corrected chi connectivity index (χ1v) is 9.39. The summed E-state index contributed by atoms with van der Waals surface area (Å²) < 4.78 is 5.72. The van der Waals surface area contributed by atoms with E-state index in [1.54, 1.807) is 24.3 Å². The first-order valence-electron chi connectivity index (χ1n) is 9.39. The minimum Gasteiger partial charge on any atom is -0.373 e. The third-order valence-electron chi connectivity index (χ3n) is 4.63. The smallest absolute Gasteiger partial charge is 0.225 e. The molecule has 0 aliphatic carbocycles. The Balaban J connectivity index is 1.62. The third kappa shape index (κ3) is 5.25. The summed E-state index contributed by atoms with van der Waals surface area (Å²) in [6.07, 6.45) is 0.745. The standard InChI is InChI=1S/C22H26N2O3/c1-16-14-24(15-17(2)27-16)13-12-21(25)23-20-11-7-6-10-19(20)22(26)18-8-4-3-5-9-18/h3-11,16-17H,12-15H2,1-2H3,(H,23,25)/t16-,17-/m0/s1. The highest BCUT2D eigenvalue weighted by Gasteiger charge is 2.22. The molecule has 2 atom stereocenters. The van der Waals surface area contributed by atoms with Gasteiger partial charge >= 0.3 is 0 Å². The van der Waals surface area contributed by atoms with Crippen LogP contribution in [0.5, 0.6) is 0 Å². The van der Waals surface area contributed by atoms with E-state index in [0.29, 0.717) is 29.8 Å². The number of carbonyl (C=O) groups excluding carboxylic acids is 2. The molecule has 3 rings (SSSR count). The van der Waals surface area contributed by atoms with Crippen LogP contribution in [0.2, 0.25) is 0 Å². The normalized spacial score (nSPS) is 20.2. The van der Waals surface area contributed by atoms with Crippen LogP contribution in [0, 0.1) is 0 Å². The van der Waals surface area contributed by atoms with Gasteiger partial charge in [0.25, 0.3) is 0 Å². The number of ether oxygens (including phenoxy) is 1. The van der Waals surface area contributed by atoms with Gasteiger partial charge < -0.3 is 10.1 Å². The molecule has 5 heteroatoms. The molecule has 1 fully saturated rings. The summed E-state index contributed by atoms with van der Waals surface area (Å²) in [5.41, 5.74) is 1.67. The lowest BCUT2D eigenvalue weighted by Crippen LogP contribution is -2.46. The van der Waals surface area contributed by atoms with Crippen LogP contribution in [-0.4, -0.2) is 48.4 Å². The largest absolute Gasteiger partial charge is 0.373 e. The number of morpholine rings is 1. The van der Waals surface area contributed by atoms with E-state index in [9.17, 15) is 9.59 Å². The van der Waals surface area contributed by atoms with Crippen molar-refractivity contribution < 1.29 is 14.3 Å². The summed E-state index contributed by atoms with van der Waals surface area (Å²) in [5, 5.41) is 2.91. The number of anilines is 1. The number of amides is 1. The van der Waals surface area contributed by atoms with E-state index in [2.05, 4.69) is 10.2 Å². The monoisotopic (exact) mass is 366 g/mol. The molecule has 2 aromatic rings. The van der Waals surface area contributed by atoms with Crippen LogP contribution in [0.15, 0.2) is 54.6 Å². The zero-order chi connectivity index (χ0) is 19.2. The molecule has 2 aromatic carbocycles. The second kappa shape index (κ2) is 8.93. The summed E-state index contributed by atoms with van der Waals surface area (Å²) in [5.74, 6) is -0.183. The van der Waals surface area contributed by atoms with Crippen LogP contribution in [0.4, 0.5) is 5.69 Å². The molecule has 1 aliphatic rings. The molecular formula is C22H26N2O3. The molecule has 142 valence electrons. The predicted molar refractivity (Wildman–Crippen MR) is 106 cm³/mol. The maximum Gasteiger partial charge on any atom is 0.225 e. The fourth-order valence-corrected chi connectivity index (χ4v) is 3.47. The number of ketones is 1. The molecule has 0 aromatic heterocycles. The number of rotatable bonds is 6. The van der Waals surface area contributed by atoms with Crippen LogP contribution in [0.25, 0.3) is 0 Å². The van der Waals surface area contributed by atoms with Gasteiger partial charge in [-0.15, -0.1) is 0 Å². The highest BCUT2D eigenvalue weighted by molar-refractivity contribution is 6.13. The predicted octanol–water partition coefficient (Wildman–Crippen LogP) is 3.36. The van der Waals surface area contributed by atoms with Crippen LogP contribution >= 0.6 is 0 Å². The van der Waals surface area contributed by atoms with Crippen molar-refractivity contribution in [3.05, 3.63) is 65.7 Å². The Labute approximate surface area is 160 Å². The Morgan fingerprint density at radius 1 is 1.00 bits per heavy atom. The Morgan fingerprint density at radius 2 is 1.63 bits per heavy atom. The molecular weight excluding hydrogens is 340 g/mol. The molecule has 1 amide bonds. The molecule has 0 spiro atoms. The average molecular weight is 366 g/mol. The number of para-hydroxylation sites is 1. The van der Waals surface area contributed by atoms with Crippen molar-refractivity contribution in [2.24, 2.45) is 0 Å². The quantitative estimate of drug-likeness (QED) is 0.797. The maximum absolute atomic E-state index is 12.8. The minimum atomic E-state index is -0.0951. The molecule has 0 radical (unpaired) electrons. The van der Waals surface area contributed by atoms with Crippen LogP contribution in [-0.2, 0) is 9.53 Å². The van der Waals surface area contributed by atoms with E-state index < -0.39 is 0 Å². The topological polar surface area (TPSA) is 58.6 Å². The van der Waals surface area contributed by atoms with Crippen molar-refractivity contribution in [1.82, 2.24) is 4.90 Å². The Hall–Kier alpha value is -2.50. The molecule has 1 heterocycles. The van der Waals surface area contributed by atoms with E-state index in [4.69, 9.17) is 4.74 Å². The van der Waals surface area contributed by atoms with Crippen molar-refractivity contribution in [3.63, 3.8) is 0 Å². The number of hydrogen-bond donors (Lipinski definition) is 1. The van der Waals surface area contributed by atoms with Crippen molar-refractivity contribution in [3.8, 4) is 0 Å². The third-order valence-corrected chi connectivity index (χ3v) is 4.63. The number of nitrogens with one attached hydrogen (secondary N) is 1. The van der Waals surface area contributed by atoms with E-state index >= 15 is 0 Å². The second-order valence-corrected chi connectivity index (χ2v) is 7.06. The summed E-state index contributed by atoms with van der Waals surface area (Å²) in [6.45, 7) is 6.45. The van der Waals surface area contributed by atoms with Crippen molar-refractivity contribution in [1.29, 1.82) is 0 Å². The van der Waals surface area contributed by atoms with Crippen LogP contribution < -0.4 is 5.32 Å². The van der Waals surface area contributed by atoms with Crippen molar-refractivity contribution in [2.75, 3.05) is 25.0 Å². The highest BCUT2D eigenvalue weighted by Crippen LogP contribution is 2.20. The van der Waals surface area contributed by atoms with Gasteiger partial charge in [0.15, 0.2) is 5.78 Å². The molecule has 0 saturated carbocycles. The first-order chi connectivity index (χ1) is 13.0. The van der Waals surface area contributed by atoms with Gasteiger partial charge in [0.1, 0.15) is 0 Å². The van der Waals surface area contributed by atoms with E-state index in [1.807, 2.05) is 44.2 Å². The van der Waals surface area contributed by atoms with Gasteiger partial charge in [-0.25, -0.2) is 0 Å². The zero-order valence-corrected chi connectivity index (χ0v) is 15.9. The fourth-order valence-electron chi connectivity index (χ4n) is 3.47. The van der Waals surface area contributed by atoms with Crippen molar-refractivity contribution in [2.45, 2.75) is 32.5 Å². The molecule has 5 nitrogen and oxygen atoms in total. The van der Waals surface area contributed by atoms with Gasteiger partial charge in [0.2, 0.25) is 5.91 Å². The maximum atomic E-state index is 12.8. The lowest BCUT2D eigenvalue weighted by atomic mass is 10.0. The average Bonchev–Trinajstić information content (AvgIpc) is 2.66. The number of carbonyl (C=O) groups is 2. The summed E-state index contributed by atoms with van der Waals surface area (Å²) in [7, 11) is 0. The molecule has 0 bridgehead atoms. The lowest BCUT2D eigenvalue weighted by Gasteiger charge is -2.35. The van der Waals surface area contributed by atoms with E-state index in [-0.39, 0.29) is 23.9 Å². The summed E-state index contributed by atoms with van der Waals surface area (Å²) in [4.78, 5) is 27.5. The number of nitrogens with zero attached hydrogens (tertiary/aromatic N) is 1. The second-order valence-electron chi connectivity index (χ2n) is 7.06. The molecule has 1 saturated heterocycles. The van der Waals surface area contributed by atoms with Crippen LogP contribution in [0.1, 0.15) is 36.2 Å². The number of benzene rings is 2. The molecule has 1 aliphatic heterocycles. The van der Waals surface area contributed by atoms with E-state index in [1.165, 1.54) is 0 Å². The zero-order valence-electron chi connectivity index (χ0n) is 15.9. The fraction of sp³-hybridized carbons (Fsp3) is 0.364. The highest BCUT2D eigenvalue weighted by atomic mass is 16.5. The SMILES string of the molecule is C[C@H]1CN(CCC(=O)Nc2ccccc2C(=O)c2ccccc2)C[C@H](C)O1. The number of hydrogen-bond acceptors (Lipinski definition) is 4. The van der Waals surface area contributed by atoms with Gasteiger partial charge in [0, 0.05) is 37.2 Å². The van der Waals surface area contributed by atoms with Gasteiger partial charge in [-0.3, -0.25) is 14.5 Å². The summed E-state index contributed by atoms with van der Waals surface area (Å²) in [6, 6.07) is 16.2. The lowest BCUT2D eigenvalue weighted by molar-refractivity contribution is -0.117. The molecule has 1 N–H and O–H groups in total. The Kier molecular flexibility index (Phi) is 6.37. The van der Waals surface area contributed by atoms with Crippen LogP contribution in [0.3, 0.4) is 0 Å². The molecule has 27 heavy (non-hydrogen) atoms. The summed E-state index contributed by atoms with van der Waals surface area (Å²) >= 11 is 0. The Morgan fingerprint density at radius 3 is 2.33 bits per heavy atom. The van der Waals surface area contributed by atoms with Gasteiger partial charge in [0.05, 0.1) is 17.9 Å². The van der Waals surface area contributed by atoms with E-state index in [0.717, 1.165) is 13.1 Å². The van der Waals surface area contributed by atoms with Gasteiger partial charge in [-0.2, -0.15) is 0 Å².